The first-order chi connectivity index (χ1) is 11.0. The molecule has 0 aliphatic carbocycles. The van der Waals surface area contributed by atoms with Gasteiger partial charge in [0.25, 0.3) is 0 Å². The third-order valence-corrected chi connectivity index (χ3v) is 2.23. The average Bonchev–Trinajstić information content (AvgIpc) is 2.46. The van der Waals surface area contributed by atoms with Crippen LogP contribution in [0.4, 0.5) is 13.2 Å². The molecule has 1 aliphatic rings. The van der Waals surface area contributed by atoms with Gasteiger partial charge in [0.1, 0.15) is 0 Å². The minimum absolute atomic E-state index is 0. The molecule has 0 atom stereocenters. The van der Waals surface area contributed by atoms with E-state index < -0.39 is 5.07 Å². The molecule has 0 aromatic rings. The Balaban J connectivity index is 0. The largest absolute Gasteiger partial charge is 1.00 e. The normalized spacial score (nSPS) is 20.5. The first kappa shape index (κ1) is 27.9. The quantitative estimate of drug-likeness (QED) is 0.389. The van der Waals surface area contributed by atoms with Crippen LogP contribution in [-0.4, -0.2) is 100 Å². The van der Waals surface area contributed by atoms with Crippen molar-refractivity contribution in [3.8, 4) is 0 Å². The van der Waals surface area contributed by atoms with Crippen molar-refractivity contribution in [1.82, 2.24) is 0 Å². The van der Waals surface area contributed by atoms with Gasteiger partial charge in [0, 0.05) is 0 Å². The van der Waals surface area contributed by atoms with Crippen molar-refractivity contribution in [1.29, 1.82) is 0 Å². The molecule has 140 valence electrons. The van der Waals surface area contributed by atoms with E-state index in [4.69, 9.17) is 28.4 Å². The van der Waals surface area contributed by atoms with Gasteiger partial charge in [-0.15, -0.1) is 0 Å². The predicted molar refractivity (Wildman–Crippen MR) is 76.7 cm³/mol. The minimum atomic E-state index is -4.12. The summed E-state index contributed by atoms with van der Waals surface area (Å²) in [5.41, 5.74) is 0. The van der Waals surface area contributed by atoms with Crippen molar-refractivity contribution in [2.75, 3.05) is 79.3 Å². The molecule has 11 heteroatoms. The maximum atomic E-state index is 10.3. The molecule has 0 saturated carbocycles. The zero-order valence-electron chi connectivity index (χ0n) is 14.0. The van der Waals surface area contributed by atoms with Gasteiger partial charge in [-0.05, 0) is 0 Å². The van der Waals surface area contributed by atoms with E-state index in [2.05, 4.69) is 0 Å². The van der Waals surface area contributed by atoms with Crippen molar-refractivity contribution >= 4 is 16.0 Å². The molecule has 0 spiro atoms. The van der Waals surface area contributed by atoms with Crippen LogP contribution in [0.1, 0.15) is 0 Å². The number of ether oxygens (including phenoxy) is 6. The summed E-state index contributed by atoms with van der Waals surface area (Å²) >= 11 is 0.979. The van der Waals surface area contributed by atoms with E-state index in [-0.39, 0.29) is 51.4 Å². The maximum Gasteiger partial charge on any atom is 1.00 e. The third kappa shape index (κ3) is 31.5. The Hall–Kier alpha value is 1.71. The first-order valence-electron chi connectivity index (χ1n) is 7.24. The Morgan fingerprint density at radius 1 is 0.458 bits per heavy atom. The Bertz CT molecular complexity index is 171. The van der Waals surface area contributed by atoms with Crippen LogP contribution in [0.2, 0.25) is 0 Å². The van der Waals surface area contributed by atoms with Crippen molar-refractivity contribution < 1.29 is 93.0 Å². The van der Waals surface area contributed by atoms with Gasteiger partial charge in [0.15, 0.2) is 0 Å². The summed E-state index contributed by atoms with van der Waals surface area (Å²) < 4.78 is 62.9. The predicted octanol–water partition coefficient (Wildman–Crippen LogP) is -2.22. The molecule has 24 heavy (non-hydrogen) atoms. The monoisotopic (exact) mass is 452 g/mol. The molecule has 0 N–H and O–H groups in total. The molecule has 1 saturated heterocycles. The Morgan fingerprint density at radius 2 is 0.542 bits per heavy atom. The van der Waals surface area contributed by atoms with Crippen LogP contribution in [0.5, 0.6) is 0 Å². The molecule has 0 radical (unpaired) electrons. The molecular weight excluding hydrogens is 427 g/mol. The van der Waals surface area contributed by atoms with E-state index in [0.717, 1.165) is 16.0 Å². The smallest absolute Gasteiger partial charge is 1.00 e. The van der Waals surface area contributed by atoms with Crippen molar-refractivity contribution in [2.24, 2.45) is 0 Å². The van der Waals surface area contributed by atoms with E-state index in [1.165, 1.54) is 0 Å². The standard InChI is InChI=1S/C12H24O6.CHF3Se.K/c1-2-14-5-6-16-9-10-18-12-11-17-8-7-15-4-3-13-1;2-1(3,4)5;/h1-12H2;5H;/q;;+1/p-1. The van der Waals surface area contributed by atoms with E-state index in [1.54, 1.807) is 0 Å². The minimum Gasteiger partial charge on any atom is 1.00 e. The van der Waals surface area contributed by atoms with Crippen LogP contribution in [0.15, 0.2) is 0 Å². The molecule has 0 bridgehead atoms. The number of alkyl halides is 3. The van der Waals surface area contributed by atoms with E-state index >= 15 is 0 Å². The molecule has 0 amide bonds. The summed E-state index contributed by atoms with van der Waals surface area (Å²) in [7, 11) is 0. The summed E-state index contributed by atoms with van der Waals surface area (Å²) in [6.45, 7) is 7.04. The first-order valence-corrected chi connectivity index (χ1v) is 8.09. The van der Waals surface area contributed by atoms with Crippen LogP contribution in [0, 0.1) is 0 Å². The van der Waals surface area contributed by atoms with Crippen LogP contribution in [0.25, 0.3) is 0 Å². The van der Waals surface area contributed by atoms with Gasteiger partial charge in [0.2, 0.25) is 0 Å². The van der Waals surface area contributed by atoms with Crippen molar-refractivity contribution in [3.63, 3.8) is 0 Å². The molecule has 1 aliphatic heterocycles. The summed E-state index contributed by atoms with van der Waals surface area (Å²) in [6.07, 6.45) is 0. The van der Waals surface area contributed by atoms with E-state index in [0.29, 0.717) is 79.3 Å². The van der Waals surface area contributed by atoms with Gasteiger partial charge in [-0.2, -0.15) is 0 Å². The van der Waals surface area contributed by atoms with E-state index in [9.17, 15) is 13.2 Å². The second-order valence-electron chi connectivity index (χ2n) is 4.12. The van der Waals surface area contributed by atoms with Crippen LogP contribution in [-0.2, 0) is 28.4 Å². The third-order valence-electron chi connectivity index (χ3n) is 2.23. The van der Waals surface area contributed by atoms with Crippen LogP contribution in [0.3, 0.4) is 0 Å². The zero-order valence-corrected chi connectivity index (χ0v) is 18.8. The Kier molecular flexibility index (Phi) is 24.4. The zero-order chi connectivity index (χ0) is 17.2. The SMILES string of the molecule is C1COCCOCCOCCOCCOCCO1.FC(F)(F)[Se-].[K+]. The van der Waals surface area contributed by atoms with Crippen LogP contribution >= 0.6 is 0 Å². The Morgan fingerprint density at radius 3 is 0.625 bits per heavy atom. The summed E-state index contributed by atoms with van der Waals surface area (Å²) in [4.78, 5) is 0. The average molecular weight is 451 g/mol. The van der Waals surface area contributed by atoms with Crippen LogP contribution < -0.4 is 51.4 Å². The fourth-order valence-corrected chi connectivity index (χ4v) is 1.32. The molecular formula is C13H24F3KO6Se. The van der Waals surface area contributed by atoms with Gasteiger partial charge in [-0.1, -0.05) is 0 Å². The van der Waals surface area contributed by atoms with Gasteiger partial charge in [0.05, 0.1) is 79.3 Å². The molecule has 1 rings (SSSR count). The topological polar surface area (TPSA) is 55.4 Å². The molecule has 0 aromatic carbocycles. The number of hydrogen-bond donors (Lipinski definition) is 0. The number of rotatable bonds is 0. The number of hydrogen-bond acceptors (Lipinski definition) is 6. The van der Waals surface area contributed by atoms with E-state index in [1.807, 2.05) is 0 Å². The maximum absolute atomic E-state index is 10.3. The van der Waals surface area contributed by atoms with Crippen molar-refractivity contribution in [3.05, 3.63) is 0 Å². The fourth-order valence-electron chi connectivity index (χ4n) is 1.32. The van der Waals surface area contributed by atoms with Gasteiger partial charge in [-0.3, -0.25) is 0 Å². The van der Waals surface area contributed by atoms with Gasteiger partial charge < -0.3 is 28.4 Å². The second kappa shape index (κ2) is 21.0. The molecule has 0 aromatic heterocycles. The summed E-state index contributed by atoms with van der Waals surface area (Å²) in [6, 6.07) is 0. The molecule has 1 heterocycles. The van der Waals surface area contributed by atoms with Gasteiger partial charge >= 0.3 is 85.6 Å². The van der Waals surface area contributed by atoms with Crippen molar-refractivity contribution in [2.45, 2.75) is 5.07 Å². The molecule has 1 fully saturated rings. The number of halogens is 3. The Labute approximate surface area is 191 Å². The molecule has 6 nitrogen and oxygen atoms in total. The van der Waals surface area contributed by atoms with Gasteiger partial charge in [-0.25, -0.2) is 0 Å². The molecule has 0 unspecified atom stereocenters. The summed E-state index contributed by atoms with van der Waals surface area (Å²) in [5.74, 6) is 0. The fraction of sp³-hybridized carbons (Fsp3) is 1.00. The summed E-state index contributed by atoms with van der Waals surface area (Å²) in [5, 5.41) is -4.12. The second-order valence-corrected chi connectivity index (χ2v) is 5.09.